The molecule has 0 spiro atoms. The number of nitrogens with zero attached hydrogens (tertiary/aromatic N) is 4. The molecule has 2 heterocycles. The van der Waals surface area contributed by atoms with E-state index in [0.717, 1.165) is 21.9 Å². The molecule has 0 aliphatic rings. The van der Waals surface area contributed by atoms with Crippen molar-refractivity contribution in [3.8, 4) is 0 Å². The van der Waals surface area contributed by atoms with Gasteiger partial charge in [-0.3, -0.25) is 4.68 Å². The Balaban J connectivity index is 2.09. The quantitative estimate of drug-likeness (QED) is 0.882. The molecule has 1 N–H and O–H groups in total. The number of aryl methyl sites for hydroxylation is 1. The number of aromatic nitrogens is 4. The van der Waals surface area contributed by atoms with Crippen molar-refractivity contribution in [2.75, 3.05) is 5.32 Å². The van der Waals surface area contributed by atoms with Crippen LogP contribution in [0.15, 0.2) is 22.9 Å². The topological polar surface area (TPSA) is 55.6 Å². The van der Waals surface area contributed by atoms with Gasteiger partial charge in [0.15, 0.2) is 0 Å². The van der Waals surface area contributed by atoms with E-state index in [1.807, 2.05) is 25.4 Å². The van der Waals surface area contributed by atoms with Gasteiger partial charge in [0.25, 0.3) is 0 Å². The van der Waals surface area contributed by atoms with Gasteiger partial charge in [0.2, 0.25) is 0 Å². The van der Waals surface area contributed by atoms with Crippen molar-refractivity contribution in [2.24, 2.45) is 7.05 Å². The van der Waals surface area contributed by atoms with Crippen LogP contribution in [0.2, 0.25) is 0 Å². The summed E-state index contributed by atoms with van der Waals surface area (Å²) in [6, 6.07) is 3.85. The van der Waals surface area contributed by atoms with E-state index in [9.17, 15) is 0 Å². The molecule has 0 amide bonds. The summed E-state index contributed by atoms with van der Waals surface area (Å²) >= 11 is 3.40. The van der Waals surface area contributed by atoms with E-state index in [1.54, 1.807) is 4.68 Å². The number of hydrogen-bond acceptors (Lipinski definition) is 4. The second kappa shape index (κ2) is 5.48. The van der Waals surface area contributed by atoms with Crippen LogP contribution in [0.1, 0.15) is 31.3 Å². The lowest BCUT2D eigenvalue weighted by molar-refractivity contribution is 0.744. The lowest BCUT2D eigenvalue weighted by atomic mass is 10.2. The maximum Gasteiger partial charge on any atom is 0.134 e. The molecule has 2 aromatic rings. The fraction of sp³-hybridized carbons (Fsp3) is 0.417. The minimum atomic E-state index is 0.304. The van der Waals surface area contributed by atoms with Gasteiger partial charge in [-0.25, -0.2) is 9.97 Å². The van der Waals surface area contributed by atoms with Gasteiger partial charge in [0.1, 0.15) is 16.2 Å². The molecule has 0 fully saturated rings. The Hall–Kier alpha value is -1.43. The molecule has 2 aromatic heterocycles. The molecule has 6 heteroatoms. The maximum atomic E-state index is 4.47. The molecule has 0 radical (unpaired) electrons. The normalized spacial score (nSPS) is 10.9. The highest BCUT2D eigenvalue weighted by atomic mass is 79.9. The summed E-state index contributed by atoms with van der Waals surface area (Å²) in [5.41, 5.74) is 0.985. The number of rotatable bonds is 4. The first-order valence-electron chi connectivity index (χ1n) is 5.81. The zero-order valence-corrected chi connectivity index (χ0v) is 12.3. The van der Waals surface area contributed by atoms with Crippen molar-refractivity contribution >= 4 is 21.7 Å². The van der Waals surface area contributed by atoms with Gasteiger partial charge in [-0.1, -0.05) is 13.8 Å². The highest BCUT2D eigenvalue weighted by Gasteiger charge is 2.07. The van der Waals surface area contributed by atoms with Crippen LogP contribution in [0.4, 0.5) is 5.82 Å². The number of halogens is 1. The largest absolute Gasteiger partial charge is 0.364 e. The minimum absolute atomic E-state index is 0.304. The fourth-order valence-corrected chi connectivity index (χ4v) is 1.92. The molecule has 0 unspecified atom stereocenters. The monoisotopic (exact) mass is 309 g/mol. The predicted octanol–water partition coefficient (Wildman–Crippen LogP) is 2.71. The summed E-state index contributed by atoms with van der Waals surface area (Å²) in [5, 5.41) is 7.56. The Kier molecular flexibility index (Phi) is 3.96. The maximum absolute atomic E-state index is 4.47. The Bertz CT molecular complexity index is 535. The van der Waals surface area contributed by atoms with E-state index in [2.05, 4.69) is 50.2 Å². The van der Waals surface area contributed by atoms with Gasteiger partial charge in [-0.05, 0) is 22.0 Å². The summed E-state index contributed by atoms with van der Waals surface area (Å²) in [5.74, 6) is 1.94. The van der Waals surface area contributed by atoms with Gasteiger partial charge in [0, 0.05) is 25.2 Å². The zero-order chi connectivity index (χ0) is 13.1. The molecule has 0 bridgehead atoms. The molecular weight excluding hydrogens is 294 g/mol. The summed E-state index contributed by atoms with van der Waals surface area (Å²) in [7, 11) is 1.90. The predicted molar refractivity (Wildman–Crippen MR) is 74.4 cm³/mol. The molecule has 96 valence electrons. The molecule has 0 aliphatic heterocycles. The summed E-state index contributed by atoms with van der Waals surface area (Å²) < 4.78 is 2.58. The van der Waals surface area contributed by atoms with E-state index >= 15 is 0 Å². The summed E-state index contributed by atoms with van der Waals surface area (Å²) in [6.07, 6.45) is 1.92. The summed E-state index contributed by atoms with van der Waals surface area (Å²) in [6.45, 7) is 4.80. The van der Waals surface area contributed by atoms with Crippen LogP contribution in [0.3, 0.4) is 0 Å². The molecule has 18 heavy (non-hydrogen) atoms. The van der Waals surface area contributed by atoms with Gasteiger partial charge in [-0.15, -0.1) is 0 Å². The van der Waals surface area contributed by atoms with E-state index in [1.165, 1.54) is 0 Å². The first kappa shape index (κ1) is 13.0. The smallest absolute Gasteiger partial charge is 0.134 e. The van der Waals surface area contributed by atoms with E-state index in [-0.39, 0.29) is 0 Å². The van der Waals surface area contributed by atoms with Gasteiger partial charge < -0.3 is 5.32 Å². The molecule has 0 saturated carbocycles. The van der Waals surface area contributed by atoms with E-state index < -0.39 is 0 Å². The second-order valence-corrected chi connectivity index (χ2v) is 5.24. The van der Waals surface area contributed by atoms with Crippen molar-refractivity contribution in [2.45, 2.75) is 26.3 Å². The third-order valence-corrected chi connectivity index (χ3v) is 2.85. The molecule has 2 rings (SSSR count). The standard InChI is InChI=1S/C12H16BrN5/c1-8(2)12-15-10(13)6-11(16-12)14-7-9-4-5-18(3)17-9/h4-6,8H,7H2,1-3H3,(H,14,15,16). The van der Waals surface area contributed by atoms with Crippen molar-refractivity contribution < 1.29 is 0 Å². The van der Waals surface area contributed by atoms with Crippen LogP contribution in [-0.4, -0.2) is 19.7 Å². The van der Waals surface area contributed by atoms with Gasteiger partial charge >= 0.3 is 0 Å². The van der Waals surface area contributed by atoms with Crippen molar-refractivity contribution in [1.82, 2.24) is 19.7 Å². The minimum Gasteiger partial charge on any atom is -0.364 e. The molecular formula is C12H16BrN5. The van der Waals surface area contributed by atoms with Crippen LogP contribution < -0.4 is 5.32 Å². The van der Waals surface area contributed by atoms with Crippen molar-refractivity contribution in [1.29, 1.82) is 0 Å². The molecule has 5 nitrogen and oxygen atoms in total. The van der Waals surface area contributed by atoms with Gasteiger partial charge in [-0.2, -0.15) is 5.10 Å². The van der Waals surface area contributed by atoms with Crippen LogP contribution >= 0.6 is 15.9 Å². The van der Waals surface area contributed by atoms with Crippen molar-refractivity contribution in [3.63, 3.8) is 0 Å². The average Bonchev–Trinajstić information content (AvgIpc) is 2.72. The lowest BCUT2D eigenvalue weighted by Crippen LogP contribution is -2.06. The Morgan fingerprint density at radius 1 is 1.39 bits per heavy atom. The van der Waals surface area contributed by atoms with Gasteiger partial charge in [0.05, 0.1) is 12.2 Å². The Morgan fingerprint density at radius 2 is 2.17 bits per heavy atom. The average molecular weight is 310 g/mol. The number of anilines is 1. The molecule has 0 atom stereocenters. The fourth-order valence-electron chi connectivity index (χ4n) is 1.52. The highest BCUT2D eigenvalue weighted by molar-refractivity contribution is 9.10. The van der Waals surface area contributed by atoms with Crippen LogP contribution in [0.5, 0.6) is 0 Å². The van der Waals surface area contributed by atoms with Crippen molar-refractivity contribution in [3.05, 3.63) is 34.5 Å². The lowest BCUT2D eigenvalue weighted by Gasteiger charge is -2.08. The van der Waals surface area contributed by atoms with Crippen LogP contribution in [0, 0.1) is 0 Å². The number of nitrogens with one attached hydrogen (secondary N) is 1. The van der Waals surface area contributed by atoms with E-state index in [4.69, 9.17) is 0 Å². The number of hydrogen-bond donors (Lipinski definition) is 1. The SMILES string of the molecule is CC(C)c1nc(Br)cc(NCc2ccn(C)n2)n1. The second-order valence-electron chi connectivity index (χ2n) is 4.42. The third kappa shape index (κ3) is 3.29. The van der Waals surface area contributed by atoms with E-state index in [0.29, 0.717) is 12.5 Å². The summed E-state index contributed by atoms with van der Waals surface area (Å²) in [4.78, 5) is 8.81. The zero-order valence-electron chi connectivity index (χ0n) is 10.7. The third-order valence-electron chi connectivity index (χ3n) is 2.45. The Labute approximate surface area is 115 Å². The van der Waals surface area contributed by atoms with Crippen LogP contribution in [-0.2, 0) is 13.6 Å². The first-order chi connectivity index (χ1) is 8.54. The highest BCUT2D eigenvalue weighted by Crippen LogP contribution is 2.17. The Morgan fingerprint density at radius 3 is 2.78 bits per heavy atom. The first-order valence-corrected chi connectivity index (χ1v) is 6.61. The molecule has 0 saturated heterocycles. The molecule has 0 aliphatic carbocycles. The van der Waals surface area contributed by atoms with Crippen LogP contribution in [0.25, 0.3) is 0 Å². The molecule has 0 aromatic carbocycles.